The molecule has 0 spiro atoms. The first-order valence-electron chi connectivity index (χ1n) is 35.0. The highest BCUT2D eigenvalue weighted by atomic mass is 79.9. The average Bonchev–Trinajstić information content (AvgIpc) is 1.73. The van der Waals surface area contributed by atoms with Crippen LogP contribution in [-0.4, -0.2) is 99.0 Å². The van der Waals surface area contributed by atoms with Gasteiger partial charge in [0.05, 0.1) is 142 Å². The fraction of sp³-hybridized carbons (Fsp3) is 0.0833. The molecule has 0 radical (unpaired) electrons. The number of pyridine rings is 8. The van der Waals surface area contributed by atoms with Gasteiger partial charge in [0, 0.05) is 90.0 Å². The number of H-pyrrole nitrogens is 5. The van der Waals surface area contributed by atoms with Gasteiger partial charge in [-0.15, -0.1) is 0 Å². The van der Waals surface area contributed by atoms with Crippen LogP contribution < -0.4 is 27.8 Å². The van der Waals surface area contributed by atoms with E-state index < -0.39 is 0 Å². The number of hydrogen-bond donors (Lipinski definition) is 7. The molecular formula is C84H63BrCl2N18O7. The largest absolute Gasteiger partial charge is 0.392 e. The Bertz CT molecular complexity index is 7230. The second kappa shape index (κ2) is 30.1. The molecule has 112 heavy (non-hydrogen) atoms. The number of nitrogens with one attached hydrogen (secondary N) is 5. The summed E-state index contributed by atoms with van der Waals surface area (Å²) in [6.07, 6.45) is 12.9. The van der Waals surface area contributed by atoms with Crippen molar-refractivity contribution in [3.05, 3.63) is 331 Å². The zero-order valence-corrected chi connectivity index (χ0v) is 63.3. The minimum atomic E-state index is -0.161. The van der Waals surface area contributed by atoms with Crippen LogP contribution in [0, 0.1) is 34.6 Å². The summed E-state index contributed by atoms with van der Waals surface area (Å²) in [4.78, 5) is 97.4. The molecule has 20 aromatic rings. The first kappa shape index (κ1) is 72.6. The van der Waals surface area contributed by atoms with E-state index >= 15 is 0 Å². The standard InChI is InChI=1S/C17H12BrN3O.C17H12ClN3O.2C17H14N4O2.C16H11ClN4O/c1-10-2-5-12(6-3-10)21-17(22)14-9-19-15-8-11(18)4-7-13(15)16(14)20-21;1-10-3-2-4-12(7-10)21-17(22)14-9-19-15-6-5-11(18)8-13(15)16(14)20-21;1-10-2-4-12(7-18-10)21-17(23)14-8-19-15-6-11(9-22)3-5-13(15)16(14)20-21;1-10-2-4-12(5-3-10)21-17(23)14-8-19-15-6-11(9-22)18-7-13(15)16(14)20-21;1-9-2-4-11(7-18-9)21-16(22)13-8-19-14-5-3-10(17)6-12(14)15(13)20-21/h2*2-9,20H,1H3;2*2-8,20,22H,9H2,1H3;2-8,20H,1H3. The Hall–Kier alpha value is -13.6. The first-order valence-corrected chi connectivity index (χ1v) is 36.6. The molecule has 552 valence electrons. The number of fused-ring (bicyclic) bond motifs is 15. The maximum absolute atomic E-state index is 12.6. The van der Waals surface area contributed by atoms with Crippen molar-refractivity contribution in [2.24, 2.45) is 0 Å². The van der Waals surface area contributed by atoms with Gasteiger partial charge in [-0.25, -0.2) is 23.4 Å². The summed E-state index contributed by atoms with van der Waals surface area (Å²) < 4.78 is 8.52. The summed E-state index contributed by atoms with van der Waals surface area (Å²) in [6, 6.07) is 54.7. The van der Waals surface area contributed by atoms with Gasteiger partial charge in [-0.2, -0.15) is 0 Å². The molecule has 25 nitrogen and oxygen atoms in total. The van der Waals surface area contributed by atoms with Crippen LogP contribution in [0.25, 0.3) is 137 Å². The van der Waals surface area contributed by atoms with E-state index in [1.807, 2.05) is 186 Å². The van der Waals surface area contributed by atoms with Crippen LogP contribution in [0.15, 0.2) is 254 Å². The van der Waals surface area contributed by atoms with Gasteiger partial charge >= 0.3 is 0 Å². The average molecular weight is 1590 g/mol. The molecule has 0 fully saturated rings. The highest BCUT2D eigenvalue weighted by molar-refractivity contribution is 9.10. The number of aliphatic hydroxyl groups excluding tert-OH is 2. The number of rotatable bonds is 7. The molecular weight excluding hydrogens is 1520 g/mol. The number of benzene rings is 7. The molecule has 20 rings (SSSR count). The van der Waals surface area contributed by atoms with Crippen LogP contribution in [0.1, 0.15) is 39.3 Å². The van der Waals surface area contributed by atoms with Crippen molar-refractivity contribution < 1.29 is 10.2 Å². The van der Waals surface area contributed by atoms with E-state index in [2.05, 4.69) is 81.3 Å². The van der Waals surface area contributed by atoms with Gasteiger partial charge in [-0.05, 0) is 173 Å². The molecule has 0 aliphatic rings. The number of nitrogens with zero attached hydrogens (tertiary/aromatic N) is 13. The van der Waals surface area contributed by atoms with Crippen molar-refractivity contribution >= 4 is 148 Å². The molecule has 0 saturated carbocycles. The molecule has 13 heterocycles. The molecule has 7 N–H and O–H groups in total. The minimum absolute atomic E-state index is 0.0395. The SMILES string of the molecule is Cc1ccc(-n2[nH]c3c(cnc4cc(Br)ccc43)c2=O)cc1.Cc1ccc(-n2[nH]c3c(cnc4cc(CO)ccc43)c2=O)cn1.Cc1ccc(-n2[nH]c3c(cnc4cc(CO)ncc43)c2=O)cc1.Cc1ccc(-n2[nH]c3c(cnc4ccc(Cl)cc43)c2=O)cn1.Cc1cccc(-n2[nH]c3c(cnc4ccc(Cl)cc43)c2=O)c1. The van der Waals surface area contributed by atoms with Crippen LogP contribution in [0.2, 0.25) is 10.0 Å². The topological polar surface area (TPSA) is 333 Å². The summed E-state index contributed by atoms with van der Waals surface area (Å²) in [6.45, 7) is 9.63. The van der Waals surface area contributed by atoms with Crippen LogP contribution in [0.5, 0.6) is 0 Å². The van der Waals surface area contributed by atoms with E-state index in [0.29, 0.717) is 65.1 Å². The Morgan fingerprint density at radius 1 is 0.312 bits per heavy atom. The summed E-state index contributed by atoms with van der Waals surface area (Å²) in [5.41, 5.74) is 17.1. The minimum Gasteiger partial charge on any atom is -0.392 e. The second-order valence-corrected chi connectivity index (χ2v) is 28.5. The maximum Gasteiger partial charge on any atom is 0.280 e. The van der Waals surface area contributed by atoms with Crippen LogP contribution in [-0.2, 0) is 13.2 Å². The maximum atomic E-state index is 12.6. The van der Waals surface area contributed by atoms with Crippen molar-refractivity contribution in [2.45, 2.75) is 47.8 Å². The molecule has 7 aromatic carbocycles. The lowest BCUT2D eigenvalue weighted by molar-refractivity contribution is 0.277. The fourth-order valence-corrected chi connectivity index (χ4v) is 13.8. The van der Waals surface area contributed by atoms with Crippen molar-refractivity contribution in [1.29, 1.82) is 0 Å². The second-order valence-electron chi connectivity index (χ2n) is 26.7. The molecule has 0 unspecified atom stereocenters. The van der Waals surface area contributed by atoms with Gasteiger partial charge in [0.25, 0.3) is 27.8 Å². The molecule has 0 aliphatic carbocycles. The van der Waals surface area contributed by atoms with Gasteiger partial charge in [0.2, 0.25) is 0 Å². The first-order chi connectivity index (χ1) is 54.2. The third kappa shape index (κ3) is 14.0. The molecule has 0 bridgehead atoms. The Kier molecular flexibility index (Phi) is 19.5. The Balaban J connectivity index is 0.000000106. The highest BCUT2D eigenvalue weighted by Crippen LogP contribution is 2.30. The molecule has 0 saturated heterocycles. The van der Waals surface area contributed by atoms with E-state index in [1.165, 1.54) is 14.0 Å². The zero-order chi connectivity index (χ0) is 77.8. The van der Waals surface area contributed by atoms with Gasteiger partial charge < -0.3 is 10.2 Å². The smallest absolute Gasteiger partial charge is 0.280 e. The Morgan fingerprint density at radius 3 is 1.12 bits per heavy atom. The van der Waals surface area contributed by atoms with Crippen LogP contribution >= 0.6 is 39.1 Å². The van der Waals surface area contributed by atoms with E-state index in [0.717, 1.165) is 126 Å². The molecule has 0 aliphatic heterocycles. The third-order valence-electron chi connectivity index (χ3n) is 19.0. The predicted molar refractivity (Wildman–Crippen MR) is 443 cm³/mol. The number of halogens is 3. The van der Waals surface area contributed by atoms with Crippen molar-refractivity contribution in [3.63, 3.8) is 0 Å². The molecule has 0 atom stereocenters. The van der Waals surface area contributed by atoms with Gasteiger partial charge in [-0.1, -0.05) is 98.8 Å². The highest BCUT2D eigenvalue weighted by Gasteiger charge is 2.19. The molecule has 0 amide bonds. The number of aromatic nitrogens is 18. The molecule has 28 heteroatoms. The molecule has 13 aromatic heterocycles. The summed E-state index contributed by atoms with van der Waals surface area (Å²) in [7, 11) is 0. The van der Waals surface area contributed by atoms with E-state index in [-0.39, 0.29) is 41.0 Å². The van der Waals surface area contributed by atoms with Crippen LogP contribution in [0.3, 0.4) is 0 Å². The van der Waals surface area contributed by atoms with E-state index in [4.69, 9.17) is 23.2 Å². The quantitative estimate of drug-likeness (QED) is 0.0780. The predicted octanol–water partition coefficient (Wildman–Crippen LogP) is 15.1. The lowest BCUT2D eigenvalue weighted by atomic mass is 10.1. The van der Waals surface area contributed by atoms with E-state index in [1.54, 1.807) is 83.2 Å². The number of aromatic amines is 5. The van der Waals surface area contributed by atoms with Gasteiger partial charge in [0.15, 0.2) is 0 Å². The number of aryl methyl sites for hydroxylation is 5. The Morgan fingerprint density at radius 2 is 0.696 bits per heavy atom. The fourth-order valence-electron chi connectivity index (χ4n) is 13.1. The Labute approximate surface area is 650 Å². The van der Waals surface area contributed by atoms with Crippen molar-refractivity contribution in [2.75, 3.05) is 0 Å². The lowest BCUT2D eigenvalue weighted by Gasteiger charge is -2.02. The normalized spacial score (nSPS) is 11.4. The van der Waals surface area contributed by atoms with Crippen LogP contribution in [0.4, 0.5) is 0 Å². The van der Waals surface area contributed by atoms with Gasteiger partial charge in [0.1, 0.15) is 0 Å². The van der Waals surface area contributed by atoms with E-state index in [9.17, 15) is 34.2 Å². The number of aliphatic hydroxyl groups is 2. The lowest BCUT2D eigenvalue weighted by Crippen LogP contribution is -2.14. The van der Waals surface area contributed by atoms with Crippen molar-refractivity contribution in [3.8, 4) is 28.4 Å². The van der Waals surface area contributed by atoms with Gasteiger partial charge in [-0.3, -0.25) is 89.3 Å². The summed E-state index contributed by atoms with van der Waals surface area (Å²) in [5.74, 6) is 0. The third-order valence-corrected chi connectivity index (χ3v) is 20.0. The van der Waals surface area contributed by atoms with Crippen molar-refractivity contribution in [1.82, 2.24) is 88.8 Å². The monoisotopic (exact) mass is 1580 g/mol. The number of hydrogen-bond acceptors (Lipinski definition) is 15. The summed E-state index contributed by atoms with van der Waals surface area (Å²) in [5, 5.41) is 42.3. The summed E-state index contributed by atoms with van der Waals surface area (Å²) >= 11 is 15.6. The zero-order valence-electron chi connectivity index (χ0n) is 60.2.